The number of hydrogen-bond acceptors (Lipinski definition) is 7. The third-order valence-corrected chi connectivity index (χ3v) is 5.04. The number of piperidine rings is 1. The summed E-state index contributed by atoms with van der Waals surface area (Å²) < 4.78 is 38.4. The van der Waals surface area contributed by atoms with Gasteiger partial charge in [0.1, 0.15) is 17.4 Å². The third kappa shape index (κ3) is 4.08. The molecule has 3 rings (SSSR count). The number of nitrogens with one attached hydrogen (secondary N) is 2. The van der Waals surface area contributed by atoms with E-state index in [1.807, 2.05) is 0 Å². The molecular weight excluding hydrogens is 359 g/mol. The van der Waals surface area contributed by atoms with Crippen molar-refractivity contribution < 1.29 is 31.9 Å². The van der Waals surface area contributed by atoms with Gasteiger partial charge < -0.3 is 14.8 Å². The lowest BCUT2D eigenvalue weighted by Gasteiger charge is -2.29. The smallest absolute Gasteiger partial charge is 0.346 e. The number of urea groups is 1. The van der Waals surface area contributed by atoms with Crippen molar-refractivity contribution in [2.24, 2.45) is 5.92 Å². The van der Waals surface area contributed by atoms with E-state index in [1.54, 1.807) is 0 Å². The normalized spacial score (nSPS) is 33.0. The van der Waals surface area contributed by atoms with Crippen molar-refractivity contribution in [3.63, 3.8) is 0 Å². The summed E-state index contributed by atoms with van der Waals surface area (Å²) in [6.45, 7) is 0.622. The second kappa shape index (κ2) is 7.91. The molecule has 3 amide bonds. The molecule has 0 radical (unpaired) electrons. The summed E-state index contributed by atoms with van der Waals surface area (Å²) in [5, 5.41) is 3.89. The molecule has 3 unspecified atom stereocenters. The zero-order valence-electron chi connectivity index (χ0n) is 13.4. The lowest BCUT2D eigenvalue weighted by atomic mass is 10.0. The fourth-order valence-electron chi connectivity index (χ4n) is 3.50. The maximum absolute atomic E-state index is 12.6. The van der Waals surface area contributed by atoms with E-state index in [2.05, 4.69) is 15.1 Å². The maximum Gasteiger partial charge on any atom is 0.346 e. The Morgan fingerprint density at radius 1 is 1.48 bits per heavy atom. The van der Waals surface area contributed by atoms with Gasteiger partial charge in [-0.2, -0.15) is 9.35 Å². The summed E-state index contributed by atoms with van der Waals surface area (Å²) in [5.41, 5.74) is 2.32. The Bertz CT molecular complexity index is 555. The second-order valence-corrected chi connectivity index (χ2v) is 6.98. The standard InChI is InChI=1S/C13H21FN4O6S/c14-4-8-3-9(15-5-8)7-23-16-12(19)11-2-1-10-6-17(11)13(20)18(10)24-25(21)22/h8-11,15H,1-7H2,(H,16,19)(H,21,22)/p-1/t8-,9+,10?,11?/m1/s1. The van der Waals surface area contributed by atoms with Crippen LogP contribution in [0.5, 0.6) is 0 Å². The summed E-state index contributed by atoms with van der Waals surface area (Å²) >= 11 is -2.85. The van der Waals surface area contributed by atoms with Gasteiger partial charge >= 0.3 is 6.03 Å². The first-order valence-electron chi connectivity index (χ1n) is 8.08. The average Bonchev–Trinajstić information content (AvgIpc) is 3.14. The van der Waals surface area contributed by atoms with Crippen LogP contribution in [0.1, 0.15) is 19.3 Å². The molecule has 0 aromatic rings. The van der Waals surface area contributed by atoms with Gasteiger partial charge in [-0.1, -0.05) is 0 Å². The Hall–Kier alpha value is -1.34. The van der Waals surface area contributed by atoms with E-state index >= 15 is 0 Å². The van der Waals surface area contributed by atoms with Crippen molar-refractivity contribution in [3.8, 4) is 0 Å². The van der Waals surface area contributed by atoms with E-state index in [0.717, 1.165) is 5.06 Å². The van der Waals surface area contributed by atoms with Crippen molar-refractivity contribution in [1.82, 2.24) is 20.8 Å². The van der Waals surface area contributed by atoms with Gasteiger partial charge in [0.25, 0.3) is 5.91 Å². The highest BCUT2D eigenvalue weighted by molar-refractivity contribution is 7.74. The lowest BCUT2D eigenvalue weighted by molar-refractivity contribution is -0.139. The minimum atomic E-state index is -2.85. The Kier molecular flexibility index (Phi) is 5.84. The zero-order chi connectivity index (χ0) is 18.0. The fourth-order valence-corrected chi connectivity index (χ4v) is 3.81. The summed E-state index contributed by atoms with van der Waals surface area (Å²) in [6, 6.07) is -1.82. The first-order valence-corrected chi connectivity index (χ1v) is 9.08. The average molecular weight is 379 g/mol. The molecule has 0 aliphatic carbocycles. The second-order valence-electron chi connectivity index (χ2n) is 6.42. The van der Waals surface area contributed by atoms with Crippen molar-refractivity contribution in [2.45, 2.75) is 37.4 Å². The molecule has 0 aromatic carbocycles. The molecule has 12 heteroatoms. The molecule has 0 saturated carbocycles. The van der Waals surface area contributed by atoms with Crippen LogP contribution >= 0.6 is 0 Å². The Morgan fingerprint density at radius 2 is 2.28 bits per heavy atom. The number of carbonyl (C=O) groups is 2. The minimum Gasteiger partial charge on any atom is -0.748 e. The van der Waals surface area contributed by atoms with Gasteiger partial charge in [-0.3, -0.25) is 14.0 Å². The molecule has 2 N–H and O–H groups in total. The van der Waals surface area contributed by atoms with E-state index in [4.69, 9.17) is 4.84 Å². The Balaban J connectivity index is 1.47. The van der Waals surface area contributed by atoms with Crippen LogP contribution in [0.4, 0.5) is 9.18 Å². The highest BCUT2D eigenvalue weighted by Gasteiger charge is 2.48. The number of nitrogens with zero attached hydrogens (tertiary/aromatic N) is 2. The summed E-state index contributed by atoms with van der Waals surface area (Å²) in [4.78, 5) is 30.9. The molecule has 25 heavy (non-hydrogen) atoms. The van der Waals surface area contributed by atoms with Crippen LogP contribution < -0.4 is 10.8 Å². The van der Waals surface area contributed by atoms with Gasteiger partial charge in [0, 0.05) is 25.0 Å². The topological polar surface area (TPSA) is 123 Å². The van der Waals surface area contributed by atoms with Gasteiger partial charge in [0.05, 0.1) is 19.3 Å². The molecule has 3 saturated heterocycles. The predicted molar refractivity (Wildman–Crippen MR) is 80.7 cm³/mol. The molecule has 0 aromatic heterocycles. The molecule has 2 bridgehead atoms. The molecule has 3 aliphatic rings. The maximum atomic E-state index is 12.6. The number of hydroxylamine groups is 3. The molecule has 3 aliphatic heterocycles. The van der Waals surface area contributed by atoms with Crippen LogP contribution in [0.25, 0.3) is 0 Å². The van der Waals surface area contributed by atoms with E-state index in [-0.39, 0.29) is 31.8 Å². The highest BCUT2D eigenvalue weighted by atomic mass is 32.2. The largest absolute Gasteiger partial charge is 0.748 e. The predicted octanol–water partition coefficient (Wildman–Crippen LogP) is -1.02. The number of alkyl halides is 1. The SMILES string of the molecule is O=C(NOC[C@@H]1C[C@H](CF)CN1)C1CCC2CN1C(=O)N2OS(=O)[O-]. The van der Waals surface area contributed by atoms with Gasteiger partial charge in [-0.05, 0) is 19.3 Å². The van der Waals surface area contributed by atoms with Crippen LogP contribution in [0.2, 0.25) is 0 Å². The minimum absolute atomic E-state index is 0.0267. The zero-order valence-corrected chi connectivity index (χ0v) is 14.2. The van der Waals surface area contributed by atoms with Gasteiger partial charge in [0.15, 0.2) is 0 Å². The number of fused-ring (bicyclic) bond motifs is 2. The molecule has 0 spiro atoms. The van der Waals surface area contributed by atoms with Crippen LogP contribution in [0, 0.1) is 5.92 Å². The highest BCUT2D eigenvalue weighted by Crippen LogP contribution is 2.30. The number of amides is 3. The summed E-state index contributed by atoms with van der Waals surface area (Å²) in [7, 11) is 0. The van der Waals surface area contributed by atoms with E-state index in [0.29, 0.717) is 25.8 Å². The number of carbonyl (C=O) groups excluding carboxylic acids is 2. The molecule has 3 fully saturated rings. The van der Waals surface area contributed by atoms with Crippen molar-refractivity contribution in [3.05, 3.63) is 0 Å². The monoisotopic (exact) mass is 379 g/mol. The first-order chi connectivity index (χ1) is 12.0. The van der Waals surface area contributed by atoms with Gasteiger partial charge in [-0.25, -0.2) is 14.5 Å². The molecule has 5 atom stereocenters. The van der Waals surface area contributed by atoms with Crippen LogP contribution in [0.15, 0.2) is 0 Å². The molecule has 142 valence electrons. The van der Waals surface area contributed by atoms with Gasteiger partial charge in [0.2, 0.25) is 0 Å². The van der Waals surface area contributed by atoms with Crippen LogP contribution in [-0.2, 0) is 25.3 Å². The van der Waals surface area contributed by atoms with E-state index < -0.39 is 35.4 Å². The number of halogens is 1. The quantitative estimate of drug-likeness (QED) is 0.428. The fraction of sp³-hybridized carbons (Fsp3) is 0.846. The Labute approximate surface area is 146 Å². The van der Waals surface area contributed by atoms with E-state index in [9.17, 15) is 22.7 Å². The molecular formula is C13H20FN4O6S-. The van der Waals surface area contributed by atoms with E-state index in [1.165, 1.54) is 4.90 Å². The number of hydrogen-bond donors (Lipinski definition) is 2. The summed E-state index contributed by atoms with van der Waals surface area (Å²) in [5.74, 6) is -0.503. The van der Waals surface area contributed by atoms with Crippen LogP contribution in [0.3, 0.4) is 0 Å². The molecule has 3 heterocycles. The molecule has 10 nitrogen and oxygen atoms in total. The number of rotatable bonds is 7. The Morgan fingerprint density at radius 3 is 2.96 bits per heavy atom. The van der Waals surface area contributed by atoms with Crippen molar-refractivity contribution in [2.75, 3.05) is 26.4 Å². The van der Waals surface area contributed by atoms with Crippen molar-refractivity contribution >= 4 is 23.3 Å². The van der Waals surface area contributed by atoms with Crippen molar-refractivity contribution in [1.29, 1.82) is 0 Å². The summed E-state index contributed by atoms with van der Waals surface area (Å²) in [6.07, 6.45) is 1.46. The van der Waals surface area contributed by atoms with Gasteiger partial charge in [-0.15, -0.1) is 0 Å². The first kappa shape index (κ1) is 18.5. The third-order valence-electron chi connectivity index (χ3n) is 4.76. The van der Waals surface area contributed by atoms with Crippen LogP contribution in [-0.4, -0.2) is 75.2 Å². The lowest BCUT2D eigenvalue weighted by Crippen LogP contribution is -2.50.